The van der Waals surface area contributed by atoms with Gasteiger partial charge in [-0.05, 0) is 68.8 Å². The Morgan fingerprint density at radius 1 is 0.422 bits per heavy atom. The molecule has 14 heteroatoms. The van der Waals surface area contributed by atoms with E-state index in [1.807, 2.05) is 84.9 Å². The van der Waals surface area contributed by atoms with Crippen molar-refractivity contribution in [2.45, 2.75) is 38.5 Å². The Labute approximate surface area is 371 Å². The van der Waals surface area contributed by atoms with Crippen molar-refractivity contribution in [2.24, 2.45) is 0 Å². The molecule has 4 amide bonds. The first-order valence-corrected chi connectivity index (χ1v) is 21.1. The Bertz CT molecular complexity index is 2320. The molecule has 6 N–H and O–H groups in total. The van der Waals surface area contributed by atoms with E-state index in [0.717, 1.165) is 22.3 Å². The van der Waals surface area contributed by atoms with Gasteiger partial charge in [0.1, 0.15) is 23.0 Å². The SMILES string of the molecule is O=C(COc1c2cccc1Cc1cccc(c1O)Cc1cccc(c1OCC(=O)NCCNC(=O)Cc1ccccn1)Cc1cccc(c1O)C2)NCCNC(=O)Cc1ccccn1. The molecule has 2 heterocycles. The van der Waals surface area contributed by atoms with Crippen LogP contribution >= 0.6 is 0 Å². The van der Waals surface area contributed by atoms with Crippen LogP contribution in [0.15, 0.2) is 122 Å². The second-order valence-electron chi connectivity index (χ2n) is 15.3. The first-order chi connectivity index (χ1) is 31.2. The van der Waals surface area contributed by atoms with Crippen LogP contribution in [0.1, 0.15) is 55.9 Å². The molecular formula is C50H50N6O8. The fourth-order valence-electron chi connectivity index (χ4n) is 7.53. The molecule has 0 radical (unpaired) electrons. The van der Waals surface area contributed by atoms with E-state index < -0.39 is 0 Å². The summed E-state index contributed by atoms with van der Waals surface area (Å²) in [6.45, 7) is 0.249. The van der Waals surface area contributed by atoms with Crippen molar-refractivity contribution in [3.05, 3.63) is 177 Å². The Morgan fingerprint density at radius 2 is 0.734 bits per heavy atom. The highest BCUT2D eigenvalue weighted by atomic mass is 16.5. The van der Waals surface area contributed by atoms with E-state index in [2.05, 4.69) is 31.2 Å². The number of benzene rings is 4. The van der Waals surface area contributed by atoms with Crippen LogP contribution in [0.2, 0.25) is 0 Å². The van der Waals surface area contributed by atoms with Crippen LogP contribution in [0, 0.1) is 0 Å². The highest BCUT2D eigenvalue weighted by molar-refractivity contribution is 5.80. The van der Waals surface area contributed by atoms with E-state index >= 15 is 0 Å². The molecule has 0 spiro atoms. The third-order valence-corrected chi connectivity index (χ3v) is 10.7. The molecule has 64 heavy (non-hydrogen) atoms. The highest BCUT2D eigenvalue weighted by Gasteiger charge is 2.21. The van der Waals surface area contributed by atoms with E-state index in [1.165, 1.54) is 0 Å². The summed E-state index contributed by atoms with van der Waals surface area (Å²) < 4.78 is 12.5. The minimum atomic E-state index is -0.380. The third kappa shape index (κ3) is 12.2. The Morgan fingerprint density at radius 3 is 1.05 bits per heavy atom. The van der Waals surface area contributed by atoms with Crippen LogP contribution in [0.4, 0.5) is 0 Å². The van der Waals surface area contributed by atoms with Crippen LogP contribution in [0.5, 0.6) is 23.0 Å². The van der Waals surface area contributed by atoms with Crippen molar-refractivity contribution >= 4 is 23.6 Å². The summed E-state index contributed by atoms with van der Waals surface area (Å²) in [5.74, 6) is -0.0491. The topological polar surface area (TPSA) is 201 Å². The molecule has 14 nitrogen and oxygen atoms in total. The van der Waals surface area contributed by atoms with Crippen LogP contribution < -0.4 is 30.7 Å². The van der Waals surface area contributed by atoms with Gasteiger partial charge in [0.05, 0.1) is 12.8 Å². The largest absolute Gasteiger partial charge is 0.507 e. The summed E-state index contributed by atoms with van der Waals surface area (Å²) in [7, 11) is 0. The zero-order chi connectivity index (χ0) is 44.7. The molecule has 7 rings (SSSR count). The summed E-state index contributed by atoms with van der Waals surface area (Å²) in [5.41, 5.74) is 6.74. The van der Waals surface area contributed by atoms with E-state index in [4.69, 9.17) is 9.47 Å². The molecular weight excluding hydrogens is 813 g/mol. The van der Waals surface area contributed by atoms with Crippen molar-refractivity contribution < 1.29 is 38.9 Å². The lowest BCUT2D eigenvalue weighted by Gasteiger charge is -2.20. The number of nitrogens with zero attached hydrogens (tertiary/aromatic N) is 2. The quantitative estimate of drug-likeness (QED) is 0.0763. The first kappa shape index (κ1) is 44.3. The minimum Gasteiger partial charge on any atom is -0.507 e. The lowest BCUT2D eigenvalue weighted by Crippen LogP contribution is -2.37. The number of pyridine rings is 2. The monoisotopic (exact) mass is 862 g/mol. The fraction of sp³-hybridized carbons (Fsp3) is 0.240. The fourth-order valence-corrected chi connectivity index (χ4v) is 7.53. The lowest BCUT2D eigenvalue weighted by molar-refractivity contribution is -0.124. The molecule has 1 aliphatic carbocycles. The van der Waals surface area contributed by atoms with Crippen molar-refractivity contribution in [3.63, 3.8) is 0 Å². The van der Waals surface area contributed by atoms with Crippen LogP contribution in [0.25, 0.3) is 0 Å². The maximum absolute atomic E-state index is 13.0. The number of aromatic nitrogens is 2. The molecule has 0 saturated carbocycles. The number of ether oxygens (including phenoxy) is 2. The van der Waals surface area contributed by atoms with E-state index in [-0.39, 0.29) is 113 Å². The third-order valence-electron chi connectivity index (χ3n) is 10.7. The van der Waals surface area contributed by atoms with Crippen molar-refractivity contribution in [2.75, 3.05) is 39.4 Å². The van der Waals surface area contributed by atoms with Gasteiger partial charge in [-0.2, -0.15) is 0 Å². The number of hydrogen-bond acceptors (Lipinski definition) is 10. The van der Waals surface area contributed by atoms with Gasteiger partial charge in [-0.1, -0.05) is 84.9 Å². The van der Waals surface area contributed by atoms with Gasteiger partial charge in [0.2, 0.25) is 11.8 Å². The maximum atomic E-state index is 13.0. The van der Waals surface area contributed by atoms with E-state index in [9.17, 15) is 29.4 Å². The van der Waals surface area contributed by atoms with Gasteiger partial charge in [-0.15, -0.1) is 0 Å². The zero-order valence-corrected chi connectivity index (χ0v) is 35.3. The van der Waals surface area contributed by atoms with Gasteiger partial charge in [0.25, 0.3) is 11.8 Å². The van der Waals surface area contributed by atoms with E-state index in [1.54, 1.807) is 36.7 Å². The standard InChI is InChI=1S/C50H50N6O8/c57-43(29-41-17-1-3-19-51-41)53-21-23-55-45(59)31-63-49-37-13-7-14-38(49)26-34-10-6-12-36(48(34)62)28-40-16-8-15-39(27-35-11-5-9-33(25-37)47(35)61)50(40)64-32-46(60)56-24-22-54-44(58)30-42-18-2-4-20-52-42/h1-20,61-62H,21-32H2,(H,53,57)(H,54,58)(H,55,59)(H,56,60). The molecule has 2 aromatic heterocycles. The average Bonchev–Trinajstić information content (AvgIpc) is 3.29. The van der Waals surface area contributed by atoms with E-state index in [0.29, 0.717) is 45.1 Å². The summed E-state index contributed by atoms with van der Waals surface area (Å²) >= 11 is 0. The zero-order valence-electron chi connectivity index (χ0n) is 35.3. The molecule has 0 atom stereocenters. The number of carbonyl (C=O) groups excluding carboxylic acids is 4. The lowest BCUT2D eigenvalue weighted by atomic mass is 9.91. The Kier molecular flexibility index (Phi) is 15.1. The number of nitrogens with one attached hydrogen (secondary N) is 4. The second-order valence-corrected chi connectivity index (χ2v) is 15.3. The Balaban J connectivity index is 1.05. The van der Waals surface area contributed by atoms with Gasteiger partial charge >= 0.3 is 0 Å². The molecule has 1 aliphatic rings. The van der Waals surface area contributed by atoms with Crippen LogP contribution in [-0.4, -0.2) is 83.2 Å². The van der Waals surface area contributed by atoms with Crippen LogP contribution in [0.3, 0.4) is 0 Å². The van der Waals surface area contributed by atoms with Crippen molar-refractivity contribution in [3.8, 4) is 23.0 Å². The Hall–Kier alpha value is -7.74. The summed E-state index contributed by atoms with van der Waals surface area (Å²) in [6.07, 6.45) is 4.61. The normalized spacial score (nSPS) is 11.8. The number of aromatic hydroxyl groups is 2. The first-order valence-electron chi connectivity index (χ1n) is 21.1. The number of hydrogen-bond donors (Lipinski definition) is 6. The smallest absolute Gasteiger partial charge is 0.258 e. The number of rotatable bonds is 16. The van der Waals surface area contributed by atoms with Gasteiger partial charge < -0.3 is 41.0 Å². The minimum absolute atomic E-state index is 0.0934. The molecule has 0 fully saturated rings. The predicted molar refractivity (Wildman–Crippen MR) is 239 cm³/mol. The van der Waals surface area contributed by atoms with Crippen LogP contribution in [-0.2, 0) is 57.7 Å². The molecule has 6 aromatic rings. The number of para-hydroxylation sites is 4. The van der Waals surface area contributed by atoms with Gasteiger partial charge in [0, 0.05) is 75.6 Å². The highest BCUT2D eigenvalue weighted by Crippen LogP contribution is 2.38. The molecule has 8 bridgehead atoms. The summed E-state index contributed by atoms with van der Waals surface area (Å²) in [5, 5.41) is 34.7. The molecule has 0 aliphatic heterocycles. The molecule has 0 unspecified atom stereocenters. The second kappa shape index (κ2) is 21.9. The van der Waals surface area contributed by atoms with Gasteiger partial charge in [-0.3, -0.25) is 29.1 Å². The predicted octanol–water partition coefficient (Wildman–Crippen LogP) is 4.27. The summed E-state index contributed by atoms with van der Waals surface area (Å²) in [6, 6.07) is 33.1. The maximum Gasteiger partial charge on any atom is 0.258 e. The van der Waals surface area contributed by atoms with Crippen molar-refractivity contribution in [1.29, 1.82) is 0 Å². The van der Waals surface area contributed by atoms with Gasteiger partial charge in [0.15, 0.2) is 13.2 Å². The molecule has 4 aromatic carbocycles. The van der Waals surface area contributed by atoms with Crippen molar-refractivity contribution in [1.82, 2.24) is 31.2 Å². The number of fused-ring (bicyclic) bond motifs is 8. The van der Waals surface area contributed by atoms with Gasteiger partial charge in [-0.25, -0.2) is 0 Å². The summed E-state index contributed by atoms with van der Waals surface area (Å²) in [4.78, 5) is 59.1. The number of carbonyl (C=O) groups is 4. The number of phenolic OH excluding ortho intramolecular Hbond substituents is 2. The number of phenols is 2. The molecule has 328 valence electrons. The molecule has 0 saturated heterocycles. The number of amides is 4. The average molecular weight is 863 g/mol.